The maximum absolute atomic E-state index is 9.57. The highest BCUT2D eigenvalue weighted by Crippen LogP contribution is 1.90. The van der Waals surface area contributed by atoms with E-state index in [4.69, 9.17) is 4.74 Å². The molecule has 0 aliphatic carbocycles. The summed E-state index contributed by atoms with van der Waals surface area (Å²) in [7, 11) is 1.66. The summed E-state index contributed by atoms with van der Waals surface area (Å²) in [6.45, 7) is 2.57. The van der Waals surface area contributed by atoms with Crippen molar-refractivity contribution in [1.82, 2.24) is 14.9 Å². The predicted octanol–water partition coefficient (Wildman–Crippen LogP) is -0.520. The Balaban J connectivity index is 2.07. The molecule has 2 N–H and O–H groups in total. The minimum atomic E-state index is -0.388. The lowest BCUT2D eigenvalue weighted by molar-refractivity contribution is 0.144. The highest BCUT2D eigenvalue weighted by Gasteiger charge is 2.03. The van der Waals surface area contributed by atoms with Gasteiger partial charge in [-0.2, -0.15) is 0 Å². The molecule has 80 valence electrons. The van der Waals surface area contributed by atoms with Crippen molar-refractivity contribution in [3.8, 4) is 0 Å². The fourth-order valence-electron chi connectivity index (χ4n) is 1.15. The molecule has 1 unspecified atom stereocenters. The molecule has 5 heteroatoms. The largest absolute Gasteiger partial charge is 0.390 e. The van der Waals surface area contributed by atoms with Gasteiger partial charge in [0.2, 0.25) is 0 Å². The van der Waals surface area contributed by atoms with Crippen molar-refractivity contribution >= 4 is 0 Å². The van der Waals surface area contributed by atoms with Gasteiger partial charge in [-0.1, -0.05) is 0 Å². The summed E-state index contributed by atoms with van der Waals surface area (Å²) >= 11 is 0. The molecule has 0 fully saturated rings. The molecule has 14 heavy (non-hydrogen) atoms. The van der Waals surface area contributed by atoms with E-state index in [9.17, 15) is 5.11 Å². The Morgan fingerprint density at radius 1 is 1.64 bits per heavy atom. The maximum atomic E-state index is 9.57. The fourth-order valence-corrected chi connectivity index (χ4v) is 1.15. The molecule has 0 spiro atoms. The zero-order valence-electron chi connectivity index (χ0n) is 8.39. The molecule has 5 nitrogen and oxygen atoms in total. The normalized spacial score (nSPS) is 13.0. The first-order valence-corrected chi connectivity index (χ1v) is 4.66. The maximum Gasteiger partial charge on any atom is 0.0946 e. The zero-order valence-corrected chi connectivity index (χ0v) is 8.39. The first kappa shape index (κ1) is 11.2. The molecular weight excluding hydrogens is 182 g/mol. The van der Waals surface area contributed by atoms with E-state index in [1.54, 1.807) is 19.6 Å². The zero-order chi connectivity index (χ0) is 10.2. The van der Waals surface area contributed by atoms with Crippen LogP contribution >= 0.6 is 0 Å². The Morgan fingerprint density at radius 2 is 2.50 bits per heavy atom. The number of rotatable bonds is 7. The molecule has 1 atom stereocenters. The van der Waals surface area contributed by atoms with Crippen molar-refractivity contribution in [2.75, 3.05) is 26.8 Å². The first-order valence-electron chi connectivity index (χ1n) is 4.66. The molecule has 0 aromatic carbocycles. The highest BCUT2D eigenvalue weighted by molar-refractivity contribution is 4.76. The molecule has 1 rings (SSSR count). The highest BCUT2D eigenvalue weighted by atomic mass is 16.5. The minimum Gasteiger partial charge on any atom is -0.390 e. The third-order valence-corrected chi connectivity index (χ3v) is 1.84. The number of nitrogens with one attached hydrogen (secondary N) is 1. The number of aromatic nitrogens is 2. The number of imidazole rings is 1. The van der Waals surface area contributed by atoms with Gasteiger partial charge in [-0.05, 0) is 0 Å². The quantitative estimate of drug-likeness (QED) is 0.580. The van der Waals surface area contributed by atoms with Crippen LogP contribution in [0.4, 0.5) is 0 Å². The van der Waals surface area contributed by atoms with Crippen LogP contribution in [-0.4, -0.2) is 47.6 Å². The lowest BCUT2D eigenvalue weighted by atomic mass is 10.3. The molecule has 0 radical (unpaired) electrons. The second kappa shape index (κ2) is 6.53. The second-order valence-electron chi connectivity index (χ2n) is 3.11. The summed E-state index contributed by atoms with van der Waals surface area (Å²) in [6.07, 6.45) is 4.84. The summed E-state index contributed by atoms with van der Waals surface area (Å²) in [5, 5.41) is 12.7. The number of ether oxygens (including phenoxy) is 1. The topological polar surface area (TPSA) is 59.3 Å². The number of aliphatic hydroxyl groups excluding tert-OH is 1. The van der Waals surface area contributed by atoms with Gasteiger partial charge in [-0.25, -0.2) is 4.98 Å². The van der Waals surface area contributed by atoms with Gasteiger partial charge >= 0.3 is 0 Å². The van der Waals surface area contributed by atoms with E-state index in [0.717, 1.165) is 6.54 Å². The van der Waals surface area contributed by atoms with Crippen LogP contribution in [0, 0.1) is 0 Å². The summed E-state index contributed by atoms with van der Waals surface area (Å²) in [4.78, 5) is 3.90. The Morgan fingerprint density at radius 3 is 3.14 bits per heavy atom. The molecule has 1 aromatic heterocycles. The van der Waals surface area contributed by atoms with E-state index in [2.05, 4.69) is 10.3 Å². The molecule has 0 saturated carbocycles. The van der Waals surface area contributed by atoms with E-state index in [1.807, 2.05) is 10.8 Å². The summed E-state index contributed by atoms with van der Waals surface area (Å²) in [5.41, 5.74) is 0. The number of hydrogen-bond acceptors (Lipinski definition) is 4. The van der Waals surface area contributed by atoms with Gasteiger partial charge in [-0.15, -0.1) is 0 Å². The monoisotopic (exact) mass is 199 g/mol. The number of methoxy groups -OCH3 is 1. The Hall–Kier alpha value is -0.910. The van der Waals surface area contributed by atoms with E-state index in [0.29, 0.717) is 19.7 Å². The predicted molar refractivity (Wildman–Crippen MR) is 53.0 cm³/mol. The molecule has 0 amide bonds. The van der Waals surface area contributed by atoms with Crippen LogP contribution < -0.4 is 5.32 Å². The van der Waals surface area contributed by atoms with Crippen LogP contribution in [0.3, 0.4) is 0 Å². The smallest absolute Gasteiger partial charge is 0.0946 e. The van der Waals surface area contributed by atoms with Gasteiger partial charge in [0.05, 0.1) is 25.6 Å². The standard InChI is InChI=1S/C9H17N3O2/c1-14-5-3-10-6-9(13)7-12-4-2-11-8-12/h2,4,8-10,13H,3,5-7H2,1H3. The van der Waals surface area contributed by atoms with Crippen LogP contribution in [0.2, 0.25) is 0 Å². The fraction of sp³-hybridized carbons (Fsp3) is 0.667. The Bertz CT molecular complexity index is 226. The van der Waals surface area contributed by atoms with Crippen LogP contribution in [0.1, 0.15) is 0 Å². The molecule has 1 aromatic rings. The van der Waals surface area contributed by atoms with Gasteiger partial charge in [0.25, 0.3) is 0 Å². The molecule has 0 aliphatic heterocycles. The first-order chi connectivity index (χ1) is 6.83. The van der Waals surface area contributed by atoms with Gasteiger partial charge < -0.3 is 19.7 Å². The van der Waals surface area contributed by atoms with Crippen molar-refractivity contribution in [2.24, 2.45) is 0 Å². The van der Waals surface area contributed by atoms with Crippen LogP contribution in [-0.2, 0) is 11.3 Å². The van der Waals surface area contributed by atoms with E-state index < -0.39 is 0 Å². The van der Waals surface area contributed by atoms with Crippen molar-refractivity contribution < 1.29 is 9.84 Å². The molecular formula is C9H17N3O2. The van der Waals surface area contributed by atoms with Crippen molar-refractivity contribution in [3.63, 3.8) is 0 Å². The van der Waals surface area contributed by atoms with Gasteiger partial charge in [-0.3, -0.25) is 0 Å². The van der Waals surface area contributed by atoms with E-state index in [-0.39, 0.29) is 6.10 Å². The summed E-state index contributed by atoms with van der Waals surface area (Å²) < 4.78 is 6.72. The molecule has 0 aliphatic rings. The average molecular weight is 199 g/mol. The Labute approximate surface area is 83.7 Å². The lowest BCUT2D eigenvalue weighted by Gasteiger charge is -2.11. The van der Waals surface area contributed by atoms with Crippen LogP contribution in [0.25, 0.3) is 0 Å². The molecule has 1 heterocycles. The number of nitrogens with zero attached hydrogens (tertiary/aromatic N) is 2. The molecule has 0 saturated heterocycles. The van der Waals surface area contributed by atoms with Crippen molar-refractivity contribution in [1.29, 1.82) is 0 Å². The van der Waals surface area contributed by atoms with Crippen LogP contribution in [0.5, 0.6) is 0 Å². The van der Waals surface area contributed by atoms with Gasteiger partial charge in [0, 0.05) is 32.6 Å². The second-order valence-corrected chi connectivity index (χ2v) is 3.11. The third kappa shape index (κ3) is 4.36. The summed E-state index contributed by atoms with van der Waals surface area (Å²) in [5.74, 6) is 0. The minimum absolute atomic E-state index is 0.388. The van der Waals surface area contributed by atoms with E-state index in [1.165, 1.54) is 0 Å². The van der Waals surface area contributed by atoms with Crippen LogP contribution in [0.15, 0.2) is 18.7 Å². The SMILES string of the molecule is COCCNCC(O)Cn1ccnc1. The van der Waals surface area contributed by atoms with Gasteiger partial charge in [0.1, 0.15) is 0 Å². The van der Waals surface area contributed by atoms with Gasteiger partial charge in [0.15, 0.2) is 0 Å². The lowest BCUT2D eigenvalue weighted by Crippen LogP contribution is -2.31. The Kier molecular flexibility index (Phi) is 5.21. The van der Waals surface area contributed by atoms with Crippen molar-refractivity contribution in [2.45, 2.75) is 12.6 Å². The average Bonchev–Trinajstić information content (AvgIpc) is 2.65. The van der Waals surface area contributed by atoms with Crippen molar-refractivity contribution in [3.05, 3.63) is 18.7 Å². The third-order valence-electron chi connectivity index (χ3n) is 1.84. The summed E-state index contributed by atoms with van der Waals surface area (Å²) in [6, 6.07) is 0. The van der Waals surface area contributed by atoms with E-state index >= 15 is 0 Å². The number of aliphatic hydroxyl groups is 1. The molecule has 0 bridgehead atoms. The number of hydrogen-bond donors (Lipinski definition) is 2.